The number of aromatic amines is 3. The zero-order valence-electron chi connectivity index (χ0n) is 52.1. The number of ether oxygens (including phenoxy) is 6. The Kier molecular flexibility index (Phi) is 20.4. The van der Waals surface area contributed by atoms with Gasteiger partial charge in [0, 0.05) is 41.5 Å². The van der Waals surface area contributed by atoms with E-state index in [1.54, 1.807) is 0 Å². The number of para-hydroxylation sites is 3. The topological polar surface area (TPSA) is 245 Å². The van der Waals surface area contributed by atoms with Gasteiger partial charge in [0.05, 0.1) is 33.6 Å². The van der Waals surface area contributed by atoms with Crippen LogP contribution in [0.5, 0.6) is 34.5 Å². The van der Waals surface area contributed by atoms with E-state index in [0.29, 0.717) is 70.6 Å². The second-order valence-electron chi connectivity index (χ2n) is 22.2. The predicted octanol–water partition coefficient (Wildman–Crippen LogP) is 14.1. The number of aromatic nitrogens is 14. The summed E-state index contributed by atoms with van der Waals surface area (Å²) in [4.78, 5) is 18.1. The van der Waals surface area contributed by atoms with Gasteiger partial charge in [-0.15, -0.1) is 20.4 Å². The van der Waals surface area contributed by atoms with Crippen LogP contribution in [0.2, 0.25) is 0 Å². The summed E-state index contributed by atoms with van der Waals surface area (Å²) in [5.41, 5.74) is 12.2. The average Bonchev–Trinajstić information content (AvgIpc) is 2.86. The molecule has 15 aromatic rings. The summed E-state index contributed by atoms with van der Waals surface area (Å²) >= 11 is 0. The van der Waals surface area contributed by atoms with E-state index in [-0.39, 0.29) is 0 Å². The van der Waals surface area contributed by atoms with E-state index in [4.69, 9.17) is 28.4 Å². The molecule has 0 saturated carbocycles. The minimum atomic E-state index is 0.395. The fourth-order valence-corrected chi connectivity index (χ4v) is 10.4. The van der Waals surface area contributed by atoms with E-state index in [9.17, 15) is 0 Å². The van der Waals surface area contributed by atoms with Gasteiger partial charge in [-0.1, -0.05) is 162 Å². The van der Waals surface area contributed by atoms with Gasteiger partial charge in [-0.2, -0.15) is 15.5 Å². The van der Waals surface area contributed by atoms with Crippen LogP contribution in [-0.2, 0) is 58.9 Å². The van der Waals surface area contributed by atoms with Crippen LogP contribution >= 0.6 is 0 Å². The summed E-state index contributed by atoms with van der Waals surface area (Å²) in [6.07, 6.45) is 3.46. The first-order valence-electron chi connectivity index (χ1n) is 31.1. The third-order valence-electron chi connectivity index (χ3n) is 15.2. The second-order valence-corrected chi connectivity index (χ2v) is 22.2. The number of hydrogen-bond acceptors (Lipinski definition) is 17. The van der Waals surface area contributed by atoms with Crippen LogP contribution in [0.4, 0.5) is 0 Å². The van der Waals surface area contributed by atoms with Gasteiger partial charge in [-0.3, -0.25) is 5.10 Å². The number of benzene rings is 9. The molecule has 0 radical (unpaired) electrons. The van der Waals surface area contributed by atoms with Crippen molar-refractivity contribution >= 4 is 32.7 Å². The molecule has 9 aromatic carbocycles. The number of pyridine rings is 3. The Morgan fingerprint density at radius 3 is 1.19 bits per heavy atom. The van der Waals surface area contributed by atoms with E-state index >= 15 is 0 Å². The quantitative estimate of drug-likeness (QED) is 0.0509. The Bertz CT molecular complexity index is 4910. The summed E-state index contributed by atoms with van der Waals surface area (Å²) in [5.74, 6) is 6.76. The maximum absolute atomic E-state index is 5.99. The molecule has 0 bridgehead atoms. The standard InChI is InChI=1S/C26H22N4O2.2C25H21N5O2/c1-2-7-25-21(6-1)8-9-22(29-25)17-32-24-12-10-23(11-13-24)31-16-20-5-3-4-19(14-20)15-26-27-18-28-30-26;1-2-10-24-20(7-1)11-12-21(26-24)17-32-23-9-4-8-22(15-23)31-16-19-6-3-5-18(13-19)14-25-27-29-30-28-25;1-2-7-20(19(6-1)15-25-27-29-30-28-25)16-31-22-11-13-23(14-12-22)32-17-21-10-9-18-5-3-4-8-24(18)26-21/h1-14,18H,15-17H2,(H,27,28,30);1-13,15H,14,16-17H2,(H,27,28,29,30);1-14H,15-17H2,(H,27,28,29,30). The molecule has 474 valence electrons. The SMILES string of the molecule is c1cc(COc2ccc(OCc3ccc4ccccc4n3)cc2)cc(Cc2ncn[nH]2)c1.c1cc(COc2cccc(OCc3ccc4ccccc4n3)c2)cc(Cc2nn[nH]n2)c1.c1ccc(Cc2nn[nH]n2)c(COc2ccc(OCc3ccc4ccccc4n3)cc2)c1. The highest BCUT2D eigenvalue weighted by Gasteiger charge is 2.11. The number of H-pyrrole nitrogens is 3. The lowest BCUT2D eigenvalue weighted by Gasteiger charge is -2.11. The third kappa shape index (κ3) is 17.9. The summed E-state index contributed by atoms with van der Waals surface area (Å²) in [7, 11) is 0. The summed E-state index contributed by atoms with van der Waals surface area (Å²) in [6.45, 7) is 2.63. The molecule has 6 aromatic heterocycles. The summed E-state index contributed by atoms with van der Waals surface area (Å²) in [5, 5.41) is 38.4. The molecule has 0 atom stereocenters. The van der Waals surface area contributed by atoms with Crippen molar-refractivity contribution < 1.29 is 28.4 Å². The molecular weight excluding hydrogens is 1200 g/mol. The molecule has 0 amide bonds. The zero-order chi connectivity index (χ0) is 64.8. The van der Waals surface area contributed by atoms with E-state index in [2.05, 4.69) is 132 Å². The molecule has 0 spiro atoms. The minimum Gasteiger partial charge on any atom is -0.489 e. The molecule has 20 heteroatoms. The van der Waals surface area contributed by atoms with Gasteiger partial charge in [0.1, 0.15) is 86.3 Å². The molecule has 96 heavy (non-hydrogen) atoms. The minimum absolute atomic E-state index is 0.395. The van der Waals surface area contributed by atoms with Crippen molar-refractivity contribution in [3.63, 3.8) is 0 Å². The first kappa shape index (κ1) is 62.1. The van der Waals surface area contributed by atoms with E-state index in [1.807, 2.05) is 194 Å². The first-order valence-corrected chi connectivity index (χ1v) is 31.1. The largest absolute Gasteiger partial charge is 0.489 e. The molecule has 0 aliphatic carbocycles. The number of fused-ring (bicyclic) bond motifs is 3. The lowest BCUT2D eigenvalue weighted by molar-refractivity contribution is 0.287. The van der Waals surface area contributed by atoms with Crippen molar-refractivity contribution in [3.05, 3.63) is 329 Å². The van der Waals surface area contributed by atoms with Gasteiger partial charge in [0.15, 0.2) is 11.6 Å². The Morgan fingerprint density at radius 2 is 0.708 bits per heavy atom. The van der Waals surface area contributed by atoms with Crippen molar-refractivity contribution in [1.29, 1.82) is 0 Å². The Morgan fingerprint density at radius 1 is 0.302 bits per heavy atom. The van der Waals surface area contributed by atoms with Gasteiger partial charge in [-0.25, -0.2) is 19.9 Å². The van der Waals surface area contributed by atoms with Crippen molar-refractivity contribution in [2.45, 2.75) is 58.9 Å². The Hall–Kier alpha value is -12.7. The average molecular weight is 1270 g/mol. The number of tetrazole rings is 2. The summed E-state index contributed by atoms with van der Waals surface area (Å²) in [6, 6.07) is 83.8. The molecule has 3 N–H and O–H groups in total. The van der Waals surface area contributed by atoms with Gasteiger partial charge in [0.25, 0.3) is 0 Å². The highest BCUT2D eigenvalue weighted by molar-refractivity contribution is 5.80. The molecule has 20 nitrogen and oxygen atoms in total. The van der Waals surface area contributed by atoms with Crippen molar-refractivity contribution in [1.82, 2.24) is 71.4 Å². The first-order chi connectivity index (χ1) is 47.5. The highest BCUT2D eigenvalue weighted by atomic mass is 16.5. The maximum Gasteiger partial charge on any atom is 0.178 e. The van der Waals surface area contributed by atoms with E-state index in [1.165, 1.54) is 6.33 Å². The van der Waals surface area contributed by atoms with Crippen LogP contribution in [0.15, 0.2) is 261 Å². The van der Waals surface area contributed by atoms with Crippen LogP contribution in [0, 0.1) is 0 Å². The van der Waals surface area contributed by atoms with Crippen LogP contribution in [0.3, 0.4) is 0 Å². The molecule has 0 saturated heterocycles. The Balaban J connectivity index is 0.000000130. The molecular formula is C76H64N14O6. The monoisotopic (exact) mass is 1270 g/mol. The molecule has 6 heterocycles. The van der Waals surface area contributed by atoms with Gasteiger partial charge >= 0.3 is 0 Å². The van der Waals surface area contributed by atoms with Crippen LogP contribution in [0.1, 0.15) is 67.9 Å². The van der Waals surface area contributed by atoms with Gasteiger partial charge in [-0.05, 0) is 130 Å². The zero-order valence-corrected chi connectivity index (χ0v) is 52.1. The van der Waals surface area contributed by atoms with Crippen molar-refractivity contribution in [3.8, 4) is 34.5 Å². The normalized spacial score (nSPS) is 10.9. The number of rotatable bonds is 24. The van der Waals surface area contributed by atoms with Crippen molar-refractivity contribution in [2.24, 2.45) is 0 Å². The number of nitrogens with zero attached hydrogens (tertiary/aromatic N) is 11. The van der Waals surface area contributed by atoms with Crippen LogP contribution in [-0.4, -0.2) is 71.4 Å². The molecule has 15 rings (SSSR count). The maximum atomic E-state index is 5.99. The predicted molar refractivity (Wildman–Crippen MR) is 363 cm³/mol. The van der Waals surface area contributed by atoms with Gasteiger partial charge < -0.3 is 28.4 Å². The lowest BCUT2D eigenvalue weighted by Crippen LogP contribution is -2.02. The van der Waals surface area contributed by atoms with Crippen LogP contribution < -0.4 is 28.4 Å². The molecule has 0 unspecified atom stereocenters. The van der Waals surface area contributed by atoms with Crippen LogP contribution in [0.25, 0.3) is 32.7 Å². The fourth-order valence-electron chi connectivity index (χ4n) is 10.4. The number of hydrogen-bond donors (Lipinski definition) is 3. The highest BCUT2D eigenvalue weighted by Crippen LogP contribution is 2.26. The molecule has 0 aliphatic heterocycles. The van der Waals surface area contributed by atoms with E-state index < -0.39 is 0 Å². The van der Waals surface area contributed by atoms with Gasteiger partial charge in [0.2, 0.25) is 0 Å². The lowest BCUT2D eigenvalue weighted by atomic mass is 10.1. The third-order valence-corrected chi connectivity index (χ3v) is 15.2. The van der Waals surface area contributed by atoms with Crippen molar-refractivity contribution in [2.75, 3.05) is 0 Å². The molecule has 0 aliphatic rings. The fraction of sp³-hybridized carbons (Fsp3) is 0.118. The second kappa shape index (κ2) is 31.5. The molecule has 0 fully saturated rings. The van der Waals surface area contributed by atoms with E-state index in [0.717, 1.165) is 123 Å². The smallest absolute Gasteiger partial charge is 0.178 e. The number of nitrogens with one attached hydrogen (secondary N) is 3. The summed E-state index contributed by atoms with van der Waals surface area (Å²) < 4.78 is 35.7. The Labute approximate surface area is 552 Å².